The van der Waals surface area contributed by atoms with Crippen molar-refractivity contribution in [1.29, 1.82) is 0 Å². The summed E-state index contributed by atoms with van der Waals surface area (Å²) in [6, 6.07) is 1.73. The Morgan fingerprint density at radius 2 is 1.95 bits per heavy atom. The standard InChI is InChI=1S/C14H20N2O3/c1-9-8-11(10(2)19-9)12(17)16-7-6-15(5)13(18)14(16,3)4/h8H,6-7H2,1-5H3. The molecule has 0 unspecified atom stereocenters. The molecular weight excluding hydrogens is 244 g/mol. The van der Waals surface area contributed by atoms with Gasteiger partial charge in [0.2, 0.25) is 5.91 Å². The predicted octanol–water partition coefficient (Wildman–Crippen LogP) is 1.59. The summed E-state index contributed by atoms with van der Waals surface area (Å²) in [6.07, 6.45) is 0. The van der Waals surface area contributed by atoms with Crippen LogP contribution in [0.4, 0.5) is 0 Å². The number of carbonyl (C=O) groups is 2. The van der Waals surface area contributed by atoms with Crippen LogP contribution in [0.5, 0.6) is 0 Å². The Morgan fingerprint density at radius 1 is 1.32 bits per heavy atom. The number of carbonyl (C=O) groups excluding carboxylic acids is 2. The Kier molecular flexibility index (Phi) is 3.16. The molecule has 19 heavy (non-hydrogen) atoms. The quantitative estimate of drug-likeness (QED) is 0.774. The molecule has 1 aromatic heterocycles. The van der Waals surface area contributed by atoms with Gasteiger partial charge >= 0.3 is 0 Å². The number of nitrogens with zero attached hydrogens (tertiary/aromatic N) is 2. The van der Waals surface area contributed by atoms with Gasteiger partial charge in [0.1, 0.15) is 17.1 Å². The van der Waals surface area contributed by atoms with Gasteiger partial charge in [0.15, 0.2) is 0 Å². The summed E-state index contributed by atoms with van der Waals surface area (Å²) in [7, 11) is 1.76. The molecule has 0 bridgehead atoms. The van der Waals surface area contributed by atoms with Crippen molar-refractivity contribution < 1.29 is 14.0 Å². The van der Waals surface area contributed by atoms with Crippen LogP contribution >= 0.6 is 0 Å². The number of aryl methyl sites for hydroxylation is 2. The van der Waals surface area contributed by atoms with Crippen LogP contribution in [0.25, 0.3) is 0 Å². The highest BCUT2D eigenvalue weighted by Crippen LogP contribution is 2.26. The van der Waals surface area contributed by atoms with Crippen molar-refractivity contribution in [2.24, 2.45) is 0 Å². The van der Waals surface area contributed by atoms with Crippen molar-refractivity contribution in [3.63, 3.8) is 0 Å². The van der Waals surface area contributed by atoms with Crippen molar-refractivity contribution in [2.45, 2.75) is 33.2 Å². The summed E-state index contributed by atoms with van der Waals surface area (Å²) in [4.78, 5) is 28.1. The zero-order chi connectivity index (χ0) is 14.4. The van der Waals surface area contributed by atoms with E-state index < -0.39 is 5.54 Å². The van der Waals surface area contributed by atoms with Crippen LogP contribution in [-0.2, 0) is 4.79 Å². The van der Waals surface area contributed by atoms with Crippen LogP contribution in [0, 0.1) is 13.8 Å². The second-order valence-electron chi connectivity index (χ2n) is 5.57. The molecule has 2 heterocycles. The first-order valence-electron chi connectivity index (χ1n) is 6.39. The summed E-state index contributed by atoms with van der Waals surface area (Å²) in [6.45, 7) is 8.24. The van der Waals surface area contributed by atoms with E-state index in [0.717, 1.165) is 0 Å². The zero-order valence-corrected chi connectivity index (χ0v) is 12.1. The second-order valence-corrected chi connectivity index (χ2v) is 5.57. The van der Waals surface area contributed by atoms with E-state index in [1.54, 1.807) is 43.7 Å². The van der Waals surface area contributed by atoms with Crippen LogP contribution in [0.1, 0.15) is 35.7 Å². The molecule has 1 aliphatic heterocycles. The van der Waals surface area contributed by atoms with Gasteiger partial charge in [-0.25, -0.2) is 0 Å². The molecule has 1 aromatic rings. The van der Waals surface area contributed by atoms with Crippen molar-refractivity contribution in [2.75, 3.05) is 20.1 Å². The third-order valence-electron chi connectivity index (χ3n) is 3.72. The molecule has 104 valence electrons. The van der Waals surface area contributed by atoms with Gasteiger partial charge < -0.3 is 14.2 Å². The molecule has 5 heteroatoms. The van der Waals surface area contributed by atoms with E-state index in [0.29, 0.717) is 30.2 Å². The molecule has 1 saturated heterocycles. The monoisotopic (exact) mass is 264 g/mol. The van der Waals surface area contributed by atoms with Gasteiger partial charge in [0.05, 0.1) is 5.56 Å². The summed E-state index contributed by atoms with van der Waals surface area (Å²) in [5.41, 5.74) is -0.273. The van der Waals surface area contributed by atoms with E-state index in [4.69, 9.17) is 4.42 Å². The average molecular weight is 264 g/mol. The SMILES string of the molecule is Cc1cc(C(=O)N2CCN(C)C(=O)C2(C)C)c(C)o1. The Morgan fingerprint density at radius 3 is 2.47 bits per heavy atom. The summed E-state index contributed by atoms with van der Waals surface area (Å²) < 4.78 is 5.40. The van der Waals surface area contributed by atoms with Gasteiger partial charge in [-0.05, 0) is 33.8 Å². The fraction of sp³-hybridized carbons (Fsp3) is 0.571. The van der Waals surface area contributed by atoms with Gasteiger partial charge in [0, 0.05) is 20.1 Å². The Bertz CT molecular complexity index is 531. The number of hydrogen-bond donors (Lipinski definition) is 0. The summed E-state index contributed by atoms with van der Waals surface area (Å²) in [5.74, 6) is 1.13. The molecule has 1 aliphatic rings. The number of rotatable bonds is 1. The highest BCUT2D eigenvalue weighted by atomic mass is 16.3. The molecule has 5 nitrogen and oxygen atoms in total. The van der Waals surface area contributed by atoms with Gasteiger partial charge in [0.25, 0.3) is 5.91 Å². The van der Waals surface area contributed by atoms with Crippen LogP contribution in [0.2, 0.25) is 0 Å². The predicted molar refractivity (Wildman–Crippen MR) is 70.9 cm³/mol. The number of furan rings is 1. The summed E-state index contributed by atoms with van der Waals surface area (Å²) >= 11 is 0. The van der Waals surface area contributed by atoms with E-state index in [1.165, 1.54) is 0 Å². The van der Waals surface area contributed by atoms with Crippen molar-refractivity contribution in [1.82, 2.24) is 9.80 Å². The smallest absolute Gasteiger partial charge is 0.258 e. The van der Waals surface area contributed by atoms with E-state index in [9.17, 15) is 9.59 Å². The lowest BCUT2D eigenvalue weighted by molar-refractivity contribution is -0.144. The topological polar surface area (TPSA) is 53.8 Å². The molecule has 0 aliphatic carbocycles. The number of piperazine rings is 1. The molecule has 2 rings (SSSR count). The fourth-order valence-corrected chi connectivity index (χ4v) is 2.56. The van der Waals surface area contributed by atoms with E-state index in [1.807, 2.05) is 6.92 Å². The van der Waals surface area contributed by atoms with Gasteiger partial charge in [-0.3, -0.25) is 9.59 Å². The highest BCUT2D eigenvalue weighted by molar-refractivity contribution is 6.00. The van der Waals surface area contributed by atoms with Crippen molar-refractivity contribution in [3.8, 4) is 0 Å². The van der Waals surface area contributed by atoms with Crippen molar-refractivity contribution in [3.05, 3.63) is 23.2 Å². The normalized spacial score (nSPS) is 18.9. The molecular formula is C14H20N2O3. The van der Waals surface area contributed by atoms with Gasteiger partial charge in [-0.15, -0.1) is 0 Å². The average Bonchev–Trinajstić information content (AvgIpc) is 2.65. The molecule has 0 atom stereocenters. The second kappa shape index (κ2) is 4.40. The first-order valence-corrected chi connectivity index (χ1v) is 6.39. The van der Waals surface area contributed by atoms with Crippen LogP contribution in [0.15, 0.2) is 10.5 Å². The summed E-state index contributed by atoms with van der Waals surface area (Å²) in [5, 5.41) is 0. The minimum Gasteiger partial charge on any atom is -0.466 e. The van der Waals surface area contributed by atoms with Crippen molar-refractivity contribution >= 4 is 11.8 Å². The first kappa shape index (κ1) is 13.6. The minimum atomic E-state index is -0.818. The molecule has 0 saturated carbocycles. The Labute approximate surface area is 113 Å². The first-order chi connectivity index (χ1) is 8.75. The minimum absolute atomic E-state index is 0.0371. The number of likely N-dealkylation sites (N-methyl/N-ethyl adjacent to an activating group) is 1. The highest BCUT2D eigenvalue weighted by Gasteiger charge is 2.43. The number of hydrogen-bond acceptors (Lipinski definition) is 3. The maximum atomic E-state index is 12.6. The molecule has 1 fully saturated rings. The largest absolute Gasteiger partial charge is 0.466 e. The lowest BCUT2D eigenvalue weighted by Gasteiger charge is -2.44. The molecule has 0 radical (unpaired) electrons. The maximum absolute atomic E-state index is 12.6. The maximum Gasteiger partial charge on any atom is 0.258 e. The molecule has 0 aromatic carbocycles. The molecule has 2 amide bonds. The third kappa shape index (κ3) is 2.13. The molecule has 0 N–H and O–H groups in total. The van der Waals surface area contributed by atoms with Crippen LogP contribution < -0.4 is 0 Å². The van der Waals surface area contributed by atoms with E-state index in [2.05, 4.69) is 0 Å². The third-order valence-corrected chi connectivity index (χ3v) is 3.72. The van der Waals surface area contributed by atoms with Crippen LogP contribution in [0.3, 0.4) is 0 Å². The van der Waals surface area contributed by atoms with E-state index in [-0.39, 0.29) is 11.8 Å². The zero-order valence-electron chi connectivity index (χ0n) is 12.1. The lowest BCUT2D eigenvalue weighted by atomic mass is 9.96. The van der Waals surface area contributed by atoms with Gasteiger partial charge in [-0.2, -0.15) is 0 Å². The Balaban J connectivity index is 2.34. The molecule has 0 spiro atoms. The van der Waals surface area contributed by atoms with E-state index >= 15 is 0 Å². The Hall–Kier alpha value is -1.78. The van der Waals surface area contributed by atoms with Gasteiger partial charge in [-0.1, -0.05) is 0 Å². The lowest BCUT2D eigenvalue weighted by Crippen LogP contribution is -2.63. The van der Waals surface area contributed by atoms with Crippen LogP contribution in [-0.4, -0.2) is 47.3 Å². The fourth-order valence-electron chi connectivity index (χ4n) is 2.56. The number of amides is 2.